The predicted octanol–water partition coefficient (Wildman–Crippen LogP) is -1.73. The van der Waals surface area contributed by atoms with Gasteiger partial charge in [-0.2, -0.15) is 0 Å². The van der Waals surface area contributed by atoms with Crippen LogP contribution >= 0.6 is 0 Å². The molecular formula is C16H29N5O5. The molecule has 0 saturated carbocycles. The standard InChI is InChI=1S/C16H29N5O5/c17-8-2-1-4-11(20-14(23)10(18)6-7-13(19)22)15(24)21-9-3-5-12(21)16(25)26/h10-12H,1-9,17-18H2,(H2,19,22)(H,20,23)(H,25,26)/t10-,11-,12-/m0/s1. The Morgan fingerprint density at radius 1 is 1.19 bits per heavy atom. The highest BCUT2D eigenvalue weighted by atomic mass is 16.4. The molecular weight excluding hydrogens is 342 g/mol. The Hall–Kier alpha value is -2.20. The van der Waals surface area contributed by atoms with Crippen LogP contribution in [0.4, 0.5) is 0 Å². The number of hydrogen-bond donors (Lipinski definition) is 5. The molecule has 0 spiro atoms. The lowest BCUT2D eigenvalue weighted by Crippen LogP contribution is -2.54. The molecule has 0 unspecified atom stereocenters. The molecule has 3 amide bonds. The Morgan fingerprint density at radius 3 is 2.46 bits per heavy atom. The summed E-state index contributed by atoms with van der Waals surface area (Å²) in [6.07, 6.45) is 2.66. The average molecular weight is 371 g/mol. The number of likely N-dealkylation sites (tertiary alicyclic amines) is 1. The first kappa shape index (κ1) is 21.8. The monoisotopic (exact) mass is 371 g/mol. The van der Waals surface area contributed by atoms with Gasteiger partial charge in [0.05, 0.1) is 6.04 Å². The van der Waals surface area contributed by atoms with Crippen molar-refractivity contribution >= 4 is 23.7 Å². The Bertz CT molecular complexity index is 527. The van der Waals surface area contributed by atoms with Crippen molar-refractivity contribution in [2.75, 3.05) is 13.1 Å². The zero-order chi connectivity index (χ0) is 19.7. The maximum absolute atomic E-state index is 12.8. The minimum atomic E-state index is -1.05. The normalized spacial score (nSPS) is 19.0. The number of nitrogens with zero attached hydrogens (tertiary/aromatic N) is 1. The van der Waals surface area contributed by atoms with Crippen LogP contribution in [-0.4, -0.2) is 64.9 Å². The van der Waals surface area contributed by atoms with Crippen molar-refractivity contribution in [3.63, 3.8) is 0 Å². The van der Waals surface area contributed by atoms with Crippen molar-refractivity contribution < 1.29 is 24.3 Å². The van der Waals surface area contributed by atoms with E-state index in [1.807, 2.05) is 0 Å². The highest BCUT2D eigenvalue weighted by Gasteiger charge is 2.37. The van der Waals surface area contributed by atoms with Crippen molar-refractivity contribution in [1.82, 2.24) is 10.2 Å². The van der Waals surface area contributed by atoms with E-state index in [0.717, 1.165) is 0 Å². The Labute approximate surface area is 152 Å². The van der Waals surface area contributed by atoms with E-state index in [-0.39, 0.29) is 12.8 Å². The molecule has 3 atom stereocenters. The first-order chi connectivity index (χ1) is 12.3. The molecule has 8 N–H and O–H groups in total. The van der Waals surface area contributed by atoms with Gasteiger partial charge >= 0.3 is 5.97 Å². The summed E-state index contributed by atoms with van der Waals surface area (Å²) in [7, 11) is 0. The summed E-state index contributed by atoms with van der Waals surface area (Å²) < 4.78 is 0. The number of amides is 3. The van der Waals surface area contributed by atoms with Gasteiger partial charge in [0.15, 0.2) is 0 Å². The Morgan fingerprint density at radius 2 is 1.88 bits per heavy atom. The molecule has 1 heterocycles. The van der Waals surface area contributed by atoms with Crippen LogP contribution in [0.2, 0.25) is 0 Å². The maximum atomic E-state index is 12.8. The quantitative estimate of drug-likeness (QED) is 0.267. The molecule has 1 aliphatic rings. The maximum Gasteiger partial charge on any atom is 0.326 e. The SMILES string of the molecule is NCCCC[C@H](NC(=O)[C@@H](N)CCC(N)=O)C(=O)N1CCC[C@H]1C(=O)O. The molecule has 0 aromatic heterocycles. The first-order valence-electron chi connectivity index (χ1n) is 8.85. The summed E-state index contributed by atoms with van der Waals surface area (Å²) >= 11 is 0. The second-order valence-electron chi connectivity index (χ2n) is 6.49. The zero-order valence-electron chi connectivity index (χ0n) is 14.9. The molecule has 26 heavy (non-hydrogen) atoms. The second-order valence-corrected chi connectivity index (χ2v) is 6.49. The summed E-state index contributed by atoms with van der Waals surface area (Å²) in [6.45, 7) is 0.793. The smallest absolute Gasteiger partial charge is 0.326 e. The van der Waals surface area contributed by atoms with E-state index in [9.17, 15) is 24.3 Å². The van der Waals surface area contributed by atoms with Crippen molar-refractivity contribution in [3.8, 4) is 0 Å². The molecule has 10 heteroatoms. The number of carbonyl (C=O) groups excluding carboxylic acids is 3. The number of hydrogen-bond acceptors (Lipinski definition) is 6. The van der Waals surface area contributed by atoms with E-state index >= 15 is 0 Å². The highest BCUT2D eigenvalue weighted by molar-refractivity contribution is 5.92. The Kier molecular flexibility index (Phi) is 9.00. The van der Waals surface area contributed by atoms with E-state index in [1.54, 1.807) is 0 Å². The molecule has 148 valence electrons. The van der Waals surface area contributed by atoms with Gasteiger partial charge in [0.1, 0.15) is 12.1 Å². The van der Waals surface area contributed by atoms with Crippen molar-refractivity contribution in [2.45, 2.75) is 63.1 Å². The van der Waals surface area contributed by atoms with E-state index < -0.39 is 41.8 Å². The topological polar surface area (TPSA) is 182 Å². The fourth-order valence-corrected chi connectivity index (χ4v) is 2.95. The number of carboxylic acids is 1. The van der Waals surface area contributed by atoms with Gasteiger partial charge in [-0.1, -0.05) is 0 Å². The lowest BCUT2D eigenvalue weighted by Gasteiger charge is -2.28. The summed E-state index contributed by atoms with van der Waals surface area (Å²) in [5, 5.41) is 11.9. The van der Waals surface area contributed by atoms with Crippen molar-refractivity contribution in [2.24, 2.45) is 17.2 Å². The third-order valence-corrected chi connectivity index (χ3v) is 4.42. The van der Waals surface area contributed by atoms with E-state index in [1.165, 1.54) is 4.90 Å². The van der Waals surface area contributed by atoms with Crippen LogP contribution in [0, 0.1) is 0 Å². The summed E-state index contributed by atoms with van der Waals surface area (Å²) in [4.78, 5) is 48.4. The number of carboxylic acid groups (broad SMARTS) is 1. The highest BCUT2D eigenvalue weighted by Crippen LogP contribution is 2.20. The molecule has 0 aliphatic carbocycles. The van der Waals surface area contributed by atoms with Crippen molar-refractivity contribution in [1.29, 1.82) is 0 Å². The fourth-order valence-electron chi connectivity index (χ4n) is 2.95. The van der Waals surface area contributed by atoms with Gasteiger partial charge in [-0.3, -0.25) is 14.4 Å². The molecule has 1 saturated heterocycles. The summed E-state index contributed by atoms with van der Waals surface area (Å²) in [6, 6.07) is -2.71. The van der Waals surface area contributed by atoms with E-state index in [0.29, 0.717) is 45.2 Å². The van der Waals surface area contributed by atoms with Gasteiger partial charge in [-0.05, 0) is 45.1 Å². The fraction of sp³-hybridized carbons (Fsp3) is 0.750. The van der Waals surface area contributed by atoms with Crippen LogP contribution in [0.25, 0.3) is 0 Å². The van der Waals surface area contributed by atoms with E-state index in [4.69, 9.17) is 17.2 Å². The molecule has 0 bridgehead atoms. The molecule has 1 aliphatic heterocycles. The molecule has 0 aromatic rings. The van der Waals surface area contributed by atoms with Gasteiger partial charge in [0.2, 0.25) is 17.7 Å². The minimum absolute atomic E-state index is 0.0341. The number of primary amides is 1. The summed E-state index contributed by atoms with van der Waals surface area (Å²) in [5.41, 5.74) is 16.3. The molecule has 1 fully saturated rings. The average Bonchev–Trinajstić information content (AvgIpc) is 3.08. The number of rotatable bonds is 11. The van der Waals surface area contributed by atoms with Gasteiger partial charge in [-0.15, -0.1) is 0 Å². The first-order valence-corrected chi connectivity index (χ1v) is 8.85. The summed E-state index contributed by atoms with van der Waals surface area (Å²) in [5.74, 6) is -2.61. The van der Waals surface area contributed by atoms with Crippen molar-refractivity contribution in [3.05, 3.63) is 0 Å². The van der Waals surface area contributed by atoms with Crippen LogP contribution in [0.15, 0.2) is 0 Å². The molecule has 10 nitrogen and oxygen atoms in total. The van der Waals surface area contributed by atoms with Crippen LogP contribution in [-0.2, 0) is 19.2 Å². The lowest BCUT2D eigenvalue weighted by molar-refractivity contribution is -0.149. The minimum Gasteiger partial charge on any atom is -0.480 e. The number of unbranched alkanes of at least 4 members (excludes halogenated alkanes) is 1. The second kappa shape index (κ2) is 10.7. The number of carbonyl (C=O) groups is 4. The van der Waals surface area contributed by atoms with E-state index in [2.05, 4.69) is 5.32 Å². The largest absolute Gasteiger partial charge is 0.480 e. The van der Waals surface area contributed by atoms with Gasteiger partial charge in [-0.25, -0.2) is 4.79 Å². The lowest BCUT2D eigenvalue weighted by atomic mass is 10.1. The number of aliphatic carboxylic acids is 1. The van der Waals surface area contributed by atoms with Gasteiger partial charge in [0, 0.05) is 13.0 Å². The zero-order valence-corrected chi connectivity index (χ0v) is 14.9. The molecule has 0 radical (unpaired) electrons. The molecule has 0 aromatic carbocycles. The number of nitrogens with one attached hydrogen (secondary N) is 1. The third-order valence-electron chi connectivity index (χ3n) is 4.42. The Balaban J connectivity index is 2.76. The number of nitrogens with two attached hydrogens (primary N) is 3. The van der Waals surface area contributed by atoms with Crippen LogP contribution in [0.1, 0.15) is 44.9 Å². The van der Waals surface area contributed by atoms with Crippen LogP contribution in [0.3, 0.4) is 0 Å². The van der Waals surface area contributed by atoms with Gasteiger partial charge < -0.3 is 32.5 Å². The molecule has 1 rings (SSSR count). The van der Waals surface area contributed by atoms with Gasteiger partial charge in [0.25, 0.3) is 0 Å². The van der Waals surface area contributed by atoms with Crippen LogP contribution in [0.5, 0.6) is 0 Å². The van der Waals surface area contributed by atoms with Crippen LogP contribution < -0.4 is 22.5 Å². The third kappa shape index (κ3) is 6.60. The predicted molar refractivity (Wildman–Crippen MR) is 93.6 cm³/mol.